The monoisotopic (exact) mass is 338 g/mol. The molecule has 0 spiro atoms. The van der Waals surface area contributed by atoms with Crippen LogP contribution in [-0.2, 0) is 6.42 Å². The average Bonchev–Trinajstić information content (AvgIpc) is 2.54. The lowest BCUT2D eigenvalue weighted by Crippen LogP contribution is -2.04. The van der Waals surface area contributed by atoms with Crippen molar-refractivity contribution in [3.05, 3.63) is 64.0 Å². The van der Waals surface area contributed by atoms with Gasteiger partial charge < -0.3 is 19.7 Å². The third kappa shape index (κ3) is 2.96. The maximum Gasteiger partial charge on any atom is 0.347 e. The van der Waals surface area contributed by atoms with E-state index >= 15 is 0 Å². The fourth-order valence-corrected chi connectivity index (χ4v) is 2.72. The lowest BCUT2D eigenvalue weighted by molar-refractivity contribution is 0.434. The van der Waals surface area contributed by atoms with Gasteiger partial charge >= 0.3 is 5.63 Å². The molecule has 0 unspecified atom stereocenters. The molecule has 2 aromatic carbocycles. The minimum Gasteiger partial charge on any atom is -0.507 e. The van der Waals surface area contributed by atoms with Crippen molar-refractivity contribution in [2.24, 2.45) is 0 Å². The highest BCUT2D eigenvalue weighted by Gasteiger charge is 2.22. The van der Waals surface area contributed by atoms with Gasteiger partial charge in [-0.1, -0.05) is 42.0 Å². The van der Waals surface area contributed by atoms with Gasteiger partial charge in [-0.05, 0) is 25.8 Å². The first-order chi connectivity index (χ1) is 11.9. The van der Waals surface area contributed by atoms with Crippen molar-refractivity contribution < 1.29 is 19.7 Å². The second-order valence-electron chi connectivity index (χ2n) is 6.06. The largest absolute Gasteiger partial charge is 0.507 e. The molecule has 3 aromatic rings. The van der Waals surface area contributed by atoms with E-state index in [1.54, 1.807) is 30.3 Å². The molecule has 5 nitrogen and oxygen atoms in total. The first-order valence-corrected chi connectivity index (χ1v) is 7.82. The van der Waals surface area contributed by atoms with Crippen LogP contribution in [0.4, 0.5) is 0 Å². The van der Waals surface area contributed by atoms with Gasteiger partial charge in [0.05, 0.1) is 0 Å². The highest BCUT2D eigenvalue weighted by Crippen LogP contribution is 2.43. The lowest BCUT2D eigenvalue weighted by Gasteiger charge is -2.12. The van der Waals surface area contributed by atoms with Crippen molar-refractivity contribution >= 4 is 11.0 Å². The van der Waals surface area contributed by atoms with Gasteiger partial charge in [0.25, 0.3) is 0 Å². The molecule has 0 aliphatic heterocycles. The van der Waals surface area contributed by atoms with Crippen molar-refractivity contribution in [3.63, 3.8) is 0 Å². The van der Waals surface area contributed by atoms with Crippen LogP contribution in [0.1, 0.15) is 19.4 Å². The summed E-state index contributed by atoms with van der Waals surface area (Å²) in [6.07, 6.45) is 2.13. The van der Waals surface area contributed by atoms with E-state index in [-0.39, 0.29) is 45.8 Å². The molecule has 25 heavy (non-hydrogen) atoms. The molecule has 3 N–H and O–H groups in total. The maximum absolute atomic E-state index is 12.3. The molecular weight excluding hydrogens is 320 g/mol. The summed E-state index contributed by atoms with van der Waals surface area (Å²) in [5, 5.41) is 31.4. The van der Waals surface area contributed by atoms with Crippen LogP contribution in [0.15, 0.2) is 57.3 Å². The Morgan fingerprint density at radius 3 is 2.40 bits per heavy atom. The molecule has 0 saturated heterocycles. The van der Waals surface area contributed by atoms with Crippen LogP contribution in [0.5, 0.6) is 17.2 Å². The van der Waals surface area contributed by atoms with Crippen molar-refractivity contribution in [3.8, 4) is 28.4 Å². The van der Waals surface area contributed by atoms with Crippen molar-refractivity contribution in [1.82, 2.24) is 0 Å². The average molecular weight is 338 g/mol. The van der Waals surface area contributed by atoms with E-state index in [9.17, 15) is 20.1 Å². The number of fused-ring (bicyclic) bond motifs is 1. The smallest absolute Gasteiger partial charge is 0.347 e. The zero-order valence-electron chi connectivity index (χ0n) is 13.9. The quantitative estimate of drug-likeness (QED) is 0.494. The van der Waals surface area contributed by atoms with Gasteiger partial charge in [0.1, 0.15) is 33.8 Å². The minimum atomic E-state index is -0.743. The Morgan fingerprint density at radius 1 is 1.08 bits per heavy atom. The fourth-order valence-electron chi connectivity index (χ4n) is 2.72. The summed E-state index contributed by atoms with van der Waals surface area (Å²) in [5.74, 6) is -0.864. The molecule has 3 rings (SSSR count). The number of hydrogen-bond donors (Lipinski definition) is 3. The Morgan fingerprint density at radius 2 is 1.76 bits per heavy atom. The first-order valence-electron chi connectivity index (χ1n) is 7.82. The summed E-state index contributed by atoms with van der Waals surface area (Å²) in [6.45, 7) is 3.80. The molecule has 0 saturated carbocycles. The molecule has 0 fully saturated rings. The highest BCUT2D eigenvalue weighted by molar-refractivity contribution is 5.96. The summed E-state index contributed by atoms with van der Waals surface area (Å²) in [4.78, 5) is 12.3. The number of phenols is 2. The van der Waals surface area contributed by atoms with Gasteiger partial charge in [-0.2, -0.15) is 0 Å². The Bertz CT molecular complexity index is 1030. The van der Waals surface area contributed by atoms with Crippen molar-refractivity contribution in [1.29, 1.82) is 0 Å². The number of aromatic hydroxyl groups is 3. The molecule has 128 valence electrons. The maximum atomic E-state index is 12.3. The molecule has 0 atom stereocenters. The molecule has 1 aromatic heterocycles. The standard InChI is InChI=1S/C20H18O5/c1-11(2)8-9-13-14(21)10-15-17(18(13)22)19(23)16(20(24)25-15)12-6-4-3-5-7-12/h3-8,10,21-23H,9H2,1-2H3. The summed E-state index contributed by atoms with van der Waals surface area (Å²) >= 11 is 0. The molecule has 5 heteroatoms. The SMILES string of the molecule is CC(C)=CCc1c(O)cc2oc(=O)c(-c3ccccc3)c(O)c2c1O. The predicted octanol–water partition coefficient (Wildman–Crippen LogP) is 4.09. The second-order valence-corrected chi connectivity index (χ2v) is 6.06. The zero-order valence-corrected chi connectivity index (χ0v) is 13.9. The van der Waals surface area contributed by atoms with E-state index in [0.717, 1.165) is 5.57 Å². The Balaban J connectivity index is 2.33. The summed E-state index contributed by atoms with van der Waals surface area (Å²) in [5.41, 5.74) is 0.922. The molecule has 0 bridgehead atoms. The second kappa shape index (κ2) is 6.36. The minimum absolute atomic E-state index is 0.00779. The van der Waals surface area contributed by atoms with Crippen LogP contribution >= 0.6 is 0 Å². The molecular formula is C20H18O5. The van der Waals surface area contributed by atoms with E-state index in [2.05, 4.69) is 0 Å². The predicted molar refractivity (Wildman–Crippen MR) is 96.0 cm³/mol. The highest BCUT2D eigenvalue weighted by atomic mass is 16.4. The van der Waals surface area contributed by atoms with Crippen molar-refractivity contribution in [2.75, 3.05) is 0 Å². The number of phenolic OH excluding ortho intramolecular Hbond substituents is 2. The number of rotatable bonds is 3. The van der Waals surface area contributed by atoms with E-state index in [0.29, 0.717) is 5.56 Å². The molecule has 0 aliphatic rings. The Hall–Kier alpha value is -3.21. The molecule has 1 heterocycles. The van der Waals surface area contributed by atoms with Crippen molar-refractivity contribution in [2.45, 2.75) is 20.3 Å². The number of benzene rings is 2. The van der Waals surface area contributed by atoms with Crippen LogP contribution in [-0.4, -0.2) is 15.3 Å². The first kappa shape index (κ1) is 16.6. The van der Waals surface area contributed by atoms with Crippen LogP contribution in [0.25, 0.3) is 22.1 Å². The lowest BCUT2D eigenvalue weighted by atomic mass is 10.00. The summed E-state index contributed by atoms with van der Waals surface area (Å²) in [6, 6.07) is 9.82. The van der Waals surface area contributed by atoms with E-state index < -0.39 is 5.63 Å². The van der Waals surface area contributed by atoms with Gasteiger partial charge in [-0.3, -0.25) is 0 Å². The Labute approximate surface area is 144 Å². The fraction of sp³-hybridized carbons (Fsp3) is 0.150. The normalized spacial score (nSPS) is 10.8. The van der Waals surface area contributed by atoms with Gasteiger partial charge in [-0.25, -0.2) is 4.79 Å². The van der Waals surface area contributed by atoms with Gasteiger partial charge in [-0.15, -0.1) is 0 Å². The van der Waals surface area contributed by atoms with Crippen LogP contribution in [0.2, 0.25) is 0 Å². The van der Waals surface area contributed by atoms with Gasteiger partial charge in [0, 0.05) is 11.6 Å². The van der Waals surface area contributed by atoms with E-state index in [1.165, 1.54) is 6.07 Å². The van der Waals surface area contributed by atoms with Crippen LogP contribution in [0.3, 0.4) is 0 Å². The van der Waals surface area contributed by atoms with E-state index in [4.69, 9.17) is 4.42 Å². The third-order valence-corrected chi connectivity index (χ3v) is 4.00. The zero-order chi connectivity index (χ0) is 18.1. The third-order valence-electron chi connectivity index (χ3n) is 4.00. The Kier molecular flexibility index (Phi) is 4.23. The van der Waals surface area contributed by atoms with E-state index in [1.807, 2.05) is 19.9 Å². The number of hydrogen-bond acceptors (Lipinski definition) is 5. The number of allylic oxidation sites excluding steroid dienone is 2. The molecule has 0 amide bonds. The van der Waals surface area contributed by atoms with Crippen LogP contribution in [0, 0.1) is 0 Å². The van der Waals surface area contributed by atoms with Crippen LogP contribution < -0.4 is 5.63 Å². The topological polar surface area (TPSA) is 90.9 Å². The molecule has 0 aliphatic carbocycles. The van der Waals surface area contributed by atoms with Gasteiger partial charge in [0.15, 0.2) is 0 Å². The molecule has 0 radical (unpaired) electrons. The summed E-state index contributed by atoms with van der Waals surface area (Å²) < 4.78 is 5.22. The summed E-state index contributed by atoms with van der Waals surface area (Å²) in [7, 11) is 0. The van der Waals surface area contributed by atoms with Gasteiger partial charge in [0.2, 0.25) is 0 Å².